The lowest BCUT2D eigenvalue weighted by molar-refractivity contribution is -0.118. The zero-order valence-corrected chi connectivity index (χ0v) is 10.2. The maximum atomic E-state index is 11.2. The predicted molar refractivity (Wildman–Crippen MR) is 63.7 cm³/mol. The third kappa shape index (κ3) is 9.86. The van der Waals surface area contributed by atoms with E-state index in [-0.39, 0.29) is 5.91 Å². The fourth-order valence-electron chi connectivity index (χ4n) is 0.862. The molecule has 0 bridgehead atoms. The second kappa shape index (κ2) is 9.34. The third-order valence-corrected chi connectivity index (χ3v) is 2.76. The first-order valence-electron chi connectivity index (χ1n) is 5.16. The van der Waals surface area contributed by atoms with Gasteiger partial charge in [-0.25, -0.2) is 0 Å². The van der Waals surface area contributed by atoms with Crippen LogP contribution in [0.5, 0.6) is 0 Å². The molecule has 14 heavy (non-hydrogen) atoms. The van der Waals surface area contributed by atoms with Crippen LogP contribution in [-0.2, 0) is 4.79 Å². The molecule has 0 aliphatic carbocycles. The number of carbonyl (C=O) groups is 1. The first-order chi connectivity index (χ1) is 6.66. The van der Waals surface area contributed by atoms with Crippen molar-refractivity contribution in [2.45, 2.75) is 20.3 Å². The summed E-state index contributed by atoms with van der Waals surface area (Å²) in [5.41, 5.74) is 0. The zero-order valence-electron chi connectivity index (χ0n) is 9.43. The first-order valence-corrected chi connectivity index (χ1v) is 6.31. The summed E-state index contributed by atoms with van der Waals surface area (Å²) in [6, 6.07) is 0. The summed E-state index contributed by atoms with van der Waals surface area (Å²) >= 11 is 1.72. The van der Waals surface area contributed by atoms with Crippen LogP contribution in [0.1, 0.15) is 20.3 Å². The Hall–Kier alpha value is -0.220. The Morgan fingerprint density at radius 2 is 2.07 bits per heavy atom. The molecule has 0 fully saturated rings. The molecule has 0 aromatic heterocycles. The average Bonchev–Trinajstić information content (AvgIpc) is 2.13. The van der Waals surface area contributed by atoms with Crippen molar-refractivity contribution < 1.29 is 4.79 Å². The molecule has 0 aliphatic heterocycles. The van der Waals surface area contributed by atoms with Gasteiger partial charge in [0, 0.05) is 13.1 Å². The van der Waals surface area contributed by atoms with Gasteiger partial charge in [0.25, 0.3) is 0 Å². The van der Waals surface area contributed by atoms with Crippen LogP contribution in [0.15, 0.2) is 0 Å². The second-order valence-electron chi connectivity index (χ2n) is 3.69. The summed E-state index contributed by atoms with van der Waals surface area (Å²) in [7, 11) is 1.88. The van der Waals surface area contributed by atoms with Crippen molar-refractivity contribution >= 4 is 17.7 Å². The molecule has 0 rings (SSSR count). The van der Waals surface area contributed by atoms with Crippen molar-refractivity contribution in [1.29, 1.82) is 0 Å². The minimum Gasteiger partial charge on any atom is -0.354 e. The smallest absolute Gasteiger partial charge is 0.230 e. The van der Waals surface area contributed by atoms with Gasteiger partial charge in [0.2, 0.25) is 5.91 Å². The monoisotopic (exact) mass is 218 g/mol. The topological polar surface area (TPSA) is 41.1 Å². The Labute approximate surface area is 91.4 Å². The van der Waals surface area contributed by atoms with Gasteiger partial charge in [0.1, 0.15) is 0 Å². The zero-order chi connectivity index (χ0) is 10.8. The molecule has 0 heterocycles. The number of hydrogen-bond acceptors (Lipinski definition) is 3. The Morgan fingerprint density at radius 1 is 1.36 bits per heavy atom. The van der Waals surface area contributed by atoms with Gasteiger partial charge in [-0.15, -0.1) is 0 Å². The SMILES string of the molecule is CNCCNC(=O)CSCCC(C)C. The predicted octanol–water partition coefficient (Wildman–Crippen LogP) is 1.10. The maximum Gasteiger partial charge on any atom is 0.230 e. The number of likely N-dealkylation sites (N-methyl/N-ethyl adjacent to an activating group) is 1. The van der Waals surface area contributed by atoms with E-state index in [0.29, 0.717) is 5.75 Å². The summed E-state index contributed by atoms with van der Waals surface area (Å²) in [6.45, 7) is 5.96. The number of amides is 1. The molecule has 0 aliphatic rings. The van der Waals surface area contributed by atoms with E-state index in [0.717, 1.165) is 24.8 Å². The lowest BCUT2D eigenvalue weighted by Crippen LogP contribution is -2.31. The molecule has 0 radical (unpaired) electrons. The molecule has 0 atom stereocenters. The quantitative estimate of drug-likeness (QED) is 0.600. The molecule has 2 N–H and O–H groups in total. The summed E-state index contributed by atoms with van der Waals surface area (Å²) < 4.78 is 0. The molecule has 4 heteroatoms. The standard InChI is InChI=1S/C10H22N2OS/c1-9(2)4-7-14-8-10(13)12-6-5-11-3/h9,11H,4-8H2,1-3H3,(H,12,13). The lowest BCUT2D eigenvalue weighted by Gasteiger charge is -2.05. The molecular weight excluding hydrogens is 196 g/mol. The summed E-state index contributed by atoms with van der Waals surface area (Å²) in [5, 5.41) is 5.83. The number of nitrogens with one attached hydrogen (secondary N) is 2. The van der Waals surface area contributed by atoms with Gasteiger partial charge in [-0.3, -0.25) is 4.79 Å². The van der Waals surface area contributed by atoms with Crippen molar-refractivity contribution in [2.75, 3.05) is 31.6 Å². The Kier molecular flexibility index (Phi) is 9.19. The summed E-state index contributed by atoms with van der Waals surface area (Å²) in [4.78, 5) is 11.2. The van der Waals surface area contributed by atoms with Crippen molar-refractivity contribution in [3.8, 4) is 0 Å². The summed E-state index contributed by atoms with van der Waals surface area (Å²) in [5.74, 6) is 2.55. The normalized spacial score (nSPS) is 10.6. The molecule has 0 aromatic carbocycles. The molecule has 0 saturated carbocycles. The first kappa shape index (κ1) is 13.8. The molecule has 3 nitrogen and oxygen atoms in total. The third-order valence-electron chi connectivity index (χ3n) is 1.77. The van der Waals surface area contributed by atoms with Crippen molar-refractivity contribution in [3.05, 3.63) is 0 Å². The summed E-state index contributed by atoms with van der Waals surface area (Å²) in [6.07, 6.45) is 1.19. The van der Waals surface area contributed by atoms with Crippen LogP contribution in [0.25, 0.3) is 0 Å². The van der Waals surface area contributed by atoms with E-state index >= 15 is 0 Å². The van der Waals surface area contributed by atoms with Gasteiger partial charge in [-0.05, 0) is 25.1 Å². The Morgan fingerprint density at radius 3 is 2.64 bits per heavy atom. The fraction of sp³-hybridized carbons (Fsp3) is 0.900. The van der Waals surface area contributed by atoms with Crippen molar-refractivity contribution in [1.82, 2.24) is 10.6 Å². The number of rotatable bonds is 8. The highest BCUT2D eigenvalue weighted by atomic mass is 32.2. The van der Waals surface area contributed by atoms with Crippen molar-refractivity contribution in [3.63, 3.8) is 0 Å². The van der Waals surface area contributed by atoms with Crippen LogP contribution in [0, 0.1) is 5.92 Å². The molecule has 0 saturated heterocycles. The van der Waals surface area contributed by atoms with Crippen molar-refractivity contribution in [2.24, 2.45) is 5.92 Å². The van der Waals surface area contributed by atoms with Crippen LogP contribution < -0.4 is 10.6 Å². The number of carbonyl (C=O) groups excluding carboxylic acids is 1. The van der Waals surface area contributed by atoms with E-state index in [2.05, 4.69) is 24.5 Å². The van der Waals surface area contributed by atoms with Crippen LogP contribution in [0.3, 0.4) is 0 Å². The van der Waals surface area contributed by atoms with Gasteiger partial charge in [-0.1, -0.05) is 13.8 Å². The lowest BCUT2D eigenvalue weighted by atomic mass is 10.2. The van der Waals surface area contributed by atoms with Gasteiger partial charge >= 0.3 is 0 Å². The van der Waals surface area contributed by atoms with E-state index in [1.165, 1.54) is 6.42 Å². The van der Waals surface area contributed by atoms with E-state index in [1.54, 1.807) is 11.8 Å². The van der Waals surface area contributed by atoms with Crippen LogP contribution in [0.4, 0.5) is 0 Å². The van der Waals surface area contributed by atoms with Gasteiger partial charge in [0.05, 0.1) is 5.75 Å². The molecule has 0 unspecified atom stereocenters. The highest BCUT2D eigenvalue weighted by Gasteiger charge is 2.00. The molecular formula is C10H22N2OS. The van der Waals surface area contributed by atoms with E-state index in [9.17, 15) is 4.79 Å². The van der Waals surface area contributed by atoms with Gasteiger partial charge in [-0.2, -0.15) is 11.8 Å². The minimum absolute atomic E-state index is 0.147. The fourth-order valence-corrected chi connectivity index (χ4v) is 1.93. The average molecular weight is 218 g/mol. The Bertz CT molecular complexity index is 151. The number of thioether (sulfide) groups is 1. The number of hydrogen-bond donors (Lipinski definition) is 2. The van der Waals surface area contributed by atoms with Gasteiger partial charge < -0.3 is 10.6 Å². The van der Waals surface area contributed by atoms with Crippen LogP contribution in [-0.4, -0.2) is 37.6 Å². The van der Waals surface area contributed by atoms with E-state index in [1.807, 2.05) is 7.05 Å². The van der Waals surface area contributed by atoms with Crippen LogP contribution in [0.2, 0.25) is 0 Å². The maximum absolute atomic E-state index is 11.2. The molecule has 84 valence electrons. The minimum atomic E-state index is 0.147. The molecule has 0 aromatic rings. The molecule has 0 spiro atoms. The highest BCUT2D eigenvalue weighted by molar-refractivity contribution is 7.99. The second-order valence-corrected chi connectivity index (χ2v) is 4.79. The largest absolute Gasteiger partial charge is 0.354 e. The van der Waals surface area contributed by atoms with Crippen LogP contribution >= 0.6 is 11.8 Å². The Balaban J connectivity index is 3.18. The van der Waals surface area contributed by atoms with E-state index < -0.39 is 0 Å². The van der Waals surface area contributed by atoms with E-state index in [4.69, 9.17) is 0 Å². The van der Waals surface area contributed by atoms with Gasteiger partial charge in [0.15, 0.2) is 0 Å². The molecule has 1 amide bonds. The highest BCUT2D eigenvalue weighted by Crippen LogP contribution is 2.07.